The minimum absolute atomic E-state index is 0.162. The zero-order valence-corrected chi connectivity index (χ0v) is 12.5. The summed E-state index contributed by atoms with van der Waals surface area (Å²) >= 11 is 2.09. The third-order valence-corrected chi connectivity index (χ3v) is 5.86. The lowest BCUT2D eigenvalue weighted by Gasteiger charge is -2.45. The average molecular weight is 270 g/mol. The van der Waals surface area contributed by atoms with Crippen molar-refractivity contribution in [3.8, 4) is 0 Å². The van der Waals surface area contributed by atoms with E-state index in [2.05, 4.69) is 11.8 Å². The van der Waals surface area contributed by atoms with Crippen LogP contribution >= 0.6 is 11.8 Å². The molecule has 2 fully saturated rings. The molecule has 104 valence electrons. The second kappa shape index (κ2) is 5.83. The molecular weight excluding hydrogens is 244 g/mol. The van der Waals surface area contributed by atoms with Crippen LogP contribution in [0.1, 0.15) is 46.0 Å². The Kier molecular flexibility index (Phi) is 4.59. The second-order valence-electron chi connectivity index (χ2n) is 6.12. The molecule has 1 saturated carbocycles. The second-order valence-corrected chi connectivity index (χ2v) is 7.68. The van der Waals surface area contributed by atoms with Gasteiger partial charge in [0.15, 0.2) is 0 Å². The summed E-state index contributed by atoms with van der Waals surface area (Å²) in [5.41, 5.74) is 6.01. The summed E-state index contributed by atoms with van der Waals surface area (Å²) < 4.78 is 0.350. The number of hydrogen-bond donors (Lipinski definition) is 1. The van der Waals surface area contributed by atoms with Gasteiger partial charge < -0.3 is 10.6 Å². The predicted octanol–water partition coefficient (Wildman–Crippen LogP) is 2.25. The molecule has 0 radical (unpaired) electrons. The number of carbonyl (C=O) groups is 1. The fourth-order valence-corrected chi connectivity index (χ4v) is 4.60. The van der Waals surface area contributed by atoms with E-state index >= 15 is 0 Å². The average Bonchev–Trinajstić information content (AvgIpc) is 2.38. The van der Waals surface area contributed by atoms with Gasteiger partial charge in [-0.05, 0) is 18.8 Å². The van der Waals surface area contributed by atoms with Crippen molar-refractivity contribution in [3.63, 3.8) is 0 Å². The molecule has 1 atom stereocenters. The Bertz CT molecular complexity index is 295. The largest absolute Gasteiger partial charge is 0.339 e. The first kappa shape index (κ1) is 14.2. The van der Waals surface area contributed by atoms with Crippen LogP contribution in [0.25, 0.3) is 0 Å². The quantitative estimate of drug-likeness (QED) is 0.837. The minimum atomic E-state index is -0.325. The first-order valence-electron chi connectivity index (χ1n) is 7.22. The van der Waals surface area contributed by atoms with E-state index in [0.717, 1.165) is 18.8 Å². The topological polar surface area (TPSA) is 46.3 Å². The van der Waals surface area contributed by atoms with Crippen LogP contribution in [0.15, 0.2) is 0 Å². The maximum absolute atomic E-state index is 12.4. The molecule has 0 bridgehead atoms. The van der Waals surface area contributed by atoms with Crippen LogP contribution in [-0.2, 0) is 4.79 Å². The standard InChI is InChI=1S/C14H26N2OS/c1-11(2)12(15)13(17)16-8-9-18-14(10-16)6-4-3-5-7-14/h11-12H,3-10,15H2,1-2H3/t12-/m0/s1. The smallest absolute Gasteiger partial charge is 0.239 e. The zero-order valence-electron chi connectivity index (χ0n) is 11.7. The molecule has 1 saturated heterocycles. The third kappa shape index (κ3) is 3.02. The Hall–Kier alpha value is -0.220. The fraction of sp³-hybridized carbons (Fsp3) is 0.929. The Labute approximate surface area is 115 Å². The van der Waals surface area contributed by atoms with E-state index in [4.69, 9.17) is 5.73 Å². The number of carbonyl (C=O) groups excluding carboxylic acids is 1. The van der Waals surface area contributed by atoms with Crippen molar-refractivity contribution >= 4 is 17.7 Å². The van der Waals surface area contributed by atoms with Gasteiger partial charge >= 0.3 is 0 Å². The molecule has 0 aromatic rings. The molecule has 1 aliphatic heterocycles. The Morgan fingerprint density at radius 3 is 2.56 bits per heavy atom. The summed E-state index contributed by atoms with van der Waals surface area (Å²) in [5.74, 6) is 1.47. The fourth-order valence-electron chi connectivity index (χ4n) is 3.03. The minimum Gasteiger partial charge on any atom is -0.339 e. The van der Waals surface area contributed by atoms with Crippen LogP contribution in [0, 0.1) is 5.92 Å². The highest BCUT2D eigenvalue weighted by Gasteiger charge is 2.39. The van der Waals surface area contributed by atoms with E-state index in [1.165, 1.54) is 32.1 Å². The highest BCUT2D eigenvalue weighted by molar-refractivity contribution is 8.00. The highest BCUT2D eigenvalue weighted by atomic mass is 32.2. The molecular formula is C14H26N2OS. The molecule has 18 heavy (non-hydrogen) atoms. The van der Waals surface area contributed by atoms with Crippen molar-refractivity contribution in [2.24, 2.45) is 11.7 Å². The van der Waals surface area contributed by atoms with Crippen molar-refractivity contribution in [1.29, 1.82) is 0 Å². The van der Waals surface area contributed by atoms with Crippen LogP contribution in [-0.4, -0.2) is 40.4 Å². The van der Waals surface area contributed by atoms with Gasteiger partial charge in [0.05, 0.1) is 6.04 Å². The Balaban J connectivity index is 1.99. The molecule has 1 spiro atoms. The van der Waals surface area contributed by atoms with Gasteiger partial charge in [-0.15, -0.1) is 0 Å². The Morgan fingerprint density at radius 1 is 1.28 bits per heavy atom. The summed E-state index contributed by atoms with van der Waals surface area (Å²) in [6.07, 6.45) is 6.56. The maximum Gasteiger partial charge on any atom is 0.239 e. The van der Waals surface area contributed by atoms with Crippen molar-refractivity contribution in [1.82, 2.24) is 4.90 Å². The van der Waals surface area contributed by atoms with E-state index in [9.17, 15) is 4.79 Å². The predicted molar refractivity (Wildman–Crippen MR) is 77.7 cm³/mol. The summed E-state index contributed by atoms with van der Waals surface area (Å²) in [5, 5.41) is 0. The molecule has 1 aliphatic carbocycles. The van der Waals surface area contributed by atoms with Crippen molar-refractivity contribution in [3.05, 3.63) is 0 Å². The summed E-state index contributed by atoms with van der Waals surface area (Å²) in [6.45, 7) is 5.86. The van der Waals surface area contributed by atoms with E-state index in [-0.39, 0.29) is 17.9 Å². The Morgan fingerprint density at radius 2 is 1.94 bits per heavy atom. The highest BCUT2D eigenvalue weighted by Crippen LogP contribution is 2.42. The van der Waals surface area contributed by atoms with Gasteiger partial charge in [0, 0.05) is 23.6 Å². The van der Waals surface area contributed by atoms with Crippen molar-refractivity contribution in [2.45, 2.75) is 56.7 Å². The lowest BCUT2D eigenvalue weighted by molar-refractivity contribution is -0.134. The molecule has 2 aliphatic rings. The normalized spacial score (nSPS) is 25.4. The molecule has 0 aromatic heterocycles. The first-order valence-corrected chi connectivity index (χ1v) is 8.21. The number of thioether (sulfide) groups is 1. The van der Waals surface area contributed by atoms with Crippen LogP contribution in [0.2, 0.25) is 0 Å². The van der Waals surface area contributed by atoms with Gasteiger partial charge in [0.2, 0.25) is 5.91 Å². The summed E-state index contributed by atoms with van der Waals surface area (Å²) in [6, 6.07) is -0.325. The van der Waals surface area contributed by atoms with Gasteiger partial charge in [-0.3, -0.25) is 4.79 Å². The number of nitrogens with two attached hydrogens (primary N) is 1. The lowest BCUT2D eigenvalue weighted by atomic mass is 9.87. The van der Waals surface area contributed by atoms with Crippen LogP contribution in [0.5, 0.6) is 0 Å². The van der Waals surface area contributed by atoms with E-state index in [1.807, 2.05) is 18.7 Å². The van der Waals surface area contributed by atoms with Crippen LogP contribution in [0.4, 0.5) is 0 Å². The molecule has 4 heteroatoms. The molecule has 2 N–H and O–H groups in total. The zero-order chi connectivity index (χ0) is 13.2. The molecule has 0 unspecified atom stereocenters. The van der Waals surface area contributed by atoms with Gasteiger partial charge in [0.1, 0.15) is 0 Å². The molecule has 0 aromatic carbocycles. The van der Waals surface area contributed by atoms with E-state index in [1.54, 1.807) is 0 Å². The first-order chi connectivity index (χ1) is 8.54. The number of hydrogen-bond acceptors (Lipinski definition) is 3. The van der Waals surface area contributed by atoms with Gasteiger partial charge in [0.25, 0.3) is 0 Å². The molecule has 2 rings (SSSR count). The summed E-state index contributed by atoms with van der Waals surface area (Å²) in [4.78, 5) is 14.4. The number of nitrogens with zero attached hydrogens (tertiary/aromatic N) is 1. The van der Waals surface area contributed by atoms with E-state index in [0.29, 0.717) is 4.75 Å². The van der Waals surface area contributed by atoms with Crippen molar-refractivity contribution < 1.29 is 4.79 Å². The molecule has 1 amide bonds. The SMILES string of the molecule is CC(C)[C@H](N)C(=O)N1CCSC2(CCCCC2)C1. The lowest BCUT2D eigenvalue weighted by Crippen LogP contribution is -2.55. The van der Waals surface area contributed by atoms with Gasteiger partial charge in [-0.1, -0.05) is 33.1 Å². The van der Waals surface area contributed by atoms with Crippen molar-refractivity contribution in [2.75, 3.05) is 18.8 Å². The maximum atomic E-state index is 12.4. The van der Waals surface area contributed by atoms with E-state index < -0.39 is 0 Å². The number of amides is 1. The van der Waals surface area contributed by atoms with Crippen LogP contribution < -0.4 is 5.73 Å². The summed E-state index contributed by atoms with van der Waals surface area (Å²) in [7, 11) is 0. The van der Waals surface area contributed by atoms with Gasteiger partial charge in [-0.25, -0.2) is 0 Å². The third-order valence-electron chi connectivity index (χ3n) is 4.33. The van der Waals surface area contributed by atoms with Gasteiger partial charge in [-0.2, -0.15) is 11.8 Å². The van der Waals surface area contributed by atoms with Crippen LogP contribution in [0.3, 0.4) is 0 Å². The number of rotatable bonds is 2. The molecule has 3 nitrogen and oxygen atoms in total. The molecule has 1 heterocycles. The monoisotopic (exact) mass is 270 g/mol.